The second-order valence-electron chi connectivity index (χ2n) is 2.95. The lowest BCUT2D eigenvalue weighted by Crippen LogP contribution is -2.21. The highest BCUT2D eigenvalue weighted by molar-refractivity contribution is 4.57. The molecule has 11 heavy (non-hydrogen) atoms. The fourth-order valence-corrected chi connectivity index (χ4v) is 0.431. The average Bonchev–Trinajstić information content (AvgIpc) is 1.63. The molecule has 0 rings (SSSR count). The van der Waals surface area contributed by atoms with Gasteiger partial charge in [0, 0.05) is 7.11 Å². The summed E-state index contributed by atoms with van der Waals surface area (Å²) in [5, 5.41) is 0. The third-order valence-electron chi connectivity index (χ3n) is 0.823. The second kappa shape index (κ2) is 8.02. The predicted octanol–water partition coefficient (Wildman–Crippen LogP) is 2.72. The summed E-state index contributed by atoms with van der Waals surface area (Å²) in [6.07, 6.45) is 0. The van der Waals surface area contributed by atoms with Gasteiger partial charge in [-0.15, -0.1) is 0 Å². The first-order valence-electron chi connectivity index (χ1n) is 3.19. The van der Waals surface area contributed by atoms with Crippen LogP contribution < -0.4 is 0 Å². The van der Waals surface area contributed by atoms with Crippen LogP contribution >= 0.6 is 0 Å². The molecular weight excluding hydrogens is 140 g/mol. The van der Waals surface area contributed by atoms with Gasteiger partial charge in [0.05, 0.1) is 18.8 Å². The zero-order chi connectivity index (χ0) is 7.33. The van der Waals surface area contributed by atoms with Gasteiger partial charge in [-0.05, 0) is 20.8 Å². The lowest BCUT2D eigenvalue weighted by atomic mass is 10.2. The first-order chi connectivity index (χ1) is 4.06. The molecule has 0 aromatic carbocycles. The highest BCUT2D eigenvalue weighted by Gasteiger charge is 2.08. The molecule has 0 fully saturated rings. The third-order valence-corrected chi connectivity index (χ3v) is 0.823. The second-order valence-corrected chi connectivity index (χ2v) is 2.95. The van der Waals surface area contributed by atoms with Crippen LogP contribution in [-0.4, -0.2) is 25.9 Å². The highest BCUT2D eigenvalue weighted by atomic mass is 16.5. The molecule has 0 heterocycles. The van der Waals surface area contributed by atoms with E-state index in [-0.39, 0.29) is 20.5 Å². The Morgan fingerprint density at radius 3 is 1.73 bits per heavy atom. The average molecular weight is 164 g/mol. The van der Waals surface area contributed by atoms with E-state index < -0.39 is 0 Å². The third kappa shape index (κ3) is 17.8. The molecule has 0 aliphatic carbocycles. The van der Waals surface area contributed by atoms with Crippen LogP contribution in [0.3, 0.4) is 0 Å². The van der Waals surface area contributed by atoms with Crippen LogP contribution in [-0.2, 0) is 9.47 Å². The fraction of sp³-hybridized carbons (Fsp3) is 1.00. The lowest BCUT2D eigenvalue weighted by Gasteiger charge is -2.18. The molecule has 0 N–H and O–H groups in total. The van der Waals surface area contributed by atoms with Crippen molar-refractivity contribution in [3.05, 3.63) is 0 Å². The van der Waals surface area contributed by atoms with Gasteiger partial charge >= 0.3 is 0 Å². The number of rotatable bonds is 3. The maximum atomic E-state index is 5.34. The van der Waals surface area contributed by atoms with E-state index in [1.54, 1.807) is 7.11 Å². The Kier molecular flexibility index (Phi) is 12.5. The molecule has 0 saturated heterocycles. The number of hydrogen-bond acceptors (Lipinski definition) is 2. The van der Waals surface area contributed by atoms with E-state index in [1.807, 2.05) is 20.8 Å². The Labute approximate surface area is 71.9 Å². The van der Waals surface area contributed by atoms with Gasteiger partial charge in [0.1, 0.15) is 0 Å². The van der Waals surface area contributed by atoms with Crippen LogP contribution in [0.4, 0.5) is 0 Å². The van der Waals surface area contributed by atoms with Crippen molar-refractivity contribution < 1.29 is 9.47 Å². The van der Waals surface area contributed by atoms with E-state index in [1.165, 1.54) is 0 Å². The molecule has 0 spiro atoms. The van der Waals surface area contributed by atoms with Crippen molar-refractivity contribution in [2.45, 2.75) is 41.2 Å². The van der Waals surface area contributed by atoms with Gasteiger partial charge in [0.25, 0.3) is 0 Å². The van der Waals surface area contributed by atoms with Crippen LogP contribution in [0.2, 0.25) is 0 Å². The quantitative estimate of drug-likeness (QED) is 0.597. The van der Waals surface area contributed by atoms with Crippen molar-refractivity contribution in [3.63, 3.8) is 0 Å². The molecule has 0 saturated carbocycles. The van der Waals surface area contributed by atoms with Gasteiger partial charge < -0.3 is 9.47 Å². The van der Waals surface area contributed by atoms with Gasteiger partial charge in [-0.1, -0.05) is 14.9 Å². The first kappa shape index (κ1) is 17.1. The van der Waals surface area contributed by atoms with E-state index in [0.717, 1.165) is 0 Å². The van der Waals surface area contributed by atoms with Crippen molar-refractivity contribution in [1.29, 1.82) is 0 Å². The van der Waals surface area contributed by atoms with Crippen molar-refractivity contribution in [2.75, 3.05) is 20.3 Å². The molecule has 0 amide bonds. The molecule has 0 aliphatic heterocycles. The van der Waals surface area contributed by atoms with E-state index in [0.29, 0.717) is 13.2 Å². The number of hydrogen-bond donors (Lipinski definition) is 0. The van der Waals surface area contributed by atoms with Crippen LogP contribution in [0, 0.1) is 0 Å². The fourth-order valence-electron chi connectivity index (χ4n) is 0.431. The minimum Gasteiger partial charge on any atom is -0.382 e. The SMILES string of the molecule is C.C.COCCOC(C)(C)C. The summed E-state index contributed by atoms with van der Waals surface area (Å²) in [4.78, 5) is 0. The molecule has 0 radical (unpaired) electrons. The van der Waals surface area contributed by atoms with Crippen LogP contribution in [0.15, 0.2) is 0 Å². The normalized spacial score (nSPS) is 9.82. The molecule has 0 atom stereocenters. The van der Waals surface area contributed by atoms with Crippen molar-refractivity contribution in [2.24, 2.45) is 0 Å². The predicted molar refractivity (Wildman–Crippen MR) is 51.0 cm³/mol. The summed E-state index contributed by atoms with van der Waals surface area (Å²) in [6, 6.07) is 0. The molecule has 0 aromatic heterocycles. The first-order valence-corrected chi connectivity index (χ1v) is 3.19. The Morgan fingerprint density at radius 2 is 1.45 bits per heavy atom. The van der Waals surface area contributed by atoms with Crippen LogP contribution in [0.5, 0.6) is 0 Å². The van der Waals surface area contributed by atoms with Gasteiger partial charge in [-0.25, -0.2) is 0 Å². The number of methoxy groups -OCH3 is 1. The largest absolute Gasteiger partial charge is 0.382 e. The van der Waals surface area contributed by atoms with Crippen LogP contribution in [0.25, 0.3) is 0 Å². The van der Waals surface area contributed by atoms with E-state index in [9.17, 15) is 0 Å². The maximum absolute atomic E-state index is 5.34. The van der Waals surface area contributed by atoms with Gasteiger partial charge in [0.15, 0.2) is 0 Å². The lowest BCUT2D eigenvalue weighted by molar-refractivity contribution is -0.0270. The van der Waals surface area contributed by atoms with Gasteiger partial charge in [0.2, 0.25) is 0 Å². The minimum absolute atomic E-state index is 0. The van der Waals surface area contributed by atoms with Gasteiger partial charge in [-0.3, -0.25) is 0 Å². The smallest absolute Gasteiger partial charge is 0.0707 e. The number of ether oxygens (including phenoxy) is 2. The van der Waals surface area contributed by atoms with Crippen molar-refractivity contribution in [1.82, 2.24) is 0 Å². The minimum atomic E-state index is -0.0292. The Bertz CT molecular complexity index is 64.5. The highest BCUT2D eigenvalue weighted by Crippen LogP contribution is 2.05. The summed E-state index contributed by atoms with van der Waals surface area (Å²) < 4.78 is 10.2. The maximum Gasteiger partial charge on any atom is 0.0707 e. The molecule has 0 bridgehead atoms. The topological polar surface area (TPSA) is 18.5 Å². The van der Waals surface area contributed by atoms with E-state index >= 15 is 0 Å². The summed E-state index contributed by atoms with van der Waals surface area (Å²) in [6.45, 7) is 7.45. The van der Waals surface area contributed by atoms with Crippen molar-refractivity contribution in [3.8, 4) is 0 Å². The molecule has 0 aromatic rings. The summed E-state index contributed by atoms with van der Waals surface area (Å²) >= 11 is 0. The Morgan fingerprint density at radius 1 is 1.00 bits per heavy atom. The van der Waals surface area contributed by atoms with Crippen molar-refractivity contribution >= 4 is 0 Å². The monoisotopic (exact) mass is 164 g/mol. The van der Waals surface area contributed by atoms with E-state index in [4.69, 9.17) is 9.47 Å². The zero-order valence-electron chi connectivity index (χ0n) is 6.73. The summed E-state index contributed by atoms with van der Waals surface area (Å²) in [5.74, 6) is 0. The molecular formula is C9H24O2. The molecule has 0 unspecified atom stereocenters. The standard InChI is InChI=1S/C7H16O2.2CH4/c1-7(2,3)9-6-5-8-4;;/h5-6H2,1-4H3;2*1H4. The Balaban J connectivity index is -0.000000320. The van der Waals surface area contributed by atoms with Gasteiger partial charge in [-0.2, -0.15) is 0 Å². The van der Waals surface area contributed by atoms with Crippen LogP contribution in [0.1, 0.15) is 35.6 Å². The molecule has 72 valence electrons. The molecule has 0 aliphatic rings. The summed E-state index contributed by atoms with van der Waals surface area (Å²) in [7, 11) is 1.67. The Hall–Kier alpha value is -0.0800. The molecule has 2 heteroatoms. The summed E-state index contributed by atoms with van der Waals surface area (Å²) in [5.41, 5.74) is -0.0292. The van der Waals surface area contributed by atoms with E-state index in [2.05, 4.69) is 0 Å². The zero-order valence-corrected chi connectivity index (χ0v) is 6.73. The molecule has 2 nitrogen and oxygen atoms in total.